The van der Waals surface area contributed by atoms with Gasteiger partial charge in [0.25, 0.3) is 0 Å². The van der Waals surface area contributed by atoms with E-state index in [-0.39, 0.29) is 0 Å². The first kappa shape index (κ1) is 17.2. The quantitative estimate of drug-likeness (QED) is 0.761. The lowest BCUT2D eigenvalue weighted by molar-refractivity contribution is 0.204. The number of rotatable bonds is 9. The van der Waals surface area contributed by atoms with E-state index in [1.165, 1.54) is 0 Å². The van der Waals surface area contributed by atoms with Gasteiger partial charge in [0, 0.05) is 32.9 Å². The van der Waals surface area contributed by atoms with Gasteiger partial charge >= 0.3 is 0 Å². The van der Waals surface area contributed by atoms with Crippen LogP contribution in [-0.4, -0.2) is 38.3 Å². The molecule has 5 heteroatoms. The Morgan fingerprint density at radius 1 is 1.45 bits per heavy atom. The Morgan fingerprint density at radius 3 is 2.80 bits per heavy atom. The summed E-state index contributed by atoms with van der Waals surface area (Å²) in [6.45, 7) is 10.7. The summed E-state index contributed by atoms with van der Waals surface area (Å²) in [7, 11) is 1.72. The zero-order valence-electron chi connectivity index (χ0n) is 12.9. The lowest BCUT2D eigenvalue weighted by Gasteiger charge is -2.26. The zero-order chi connectivity index (χ0) is 15.0. The Bertz CT molecular complexity index is 399. The lowest BCUT2D eigenvalue weighted by atomic mass is 10.2. The van der Waals surface area contributed by atoms with E-state index < -0.39 is 0 Å². The molecule has 1 aromatic heterocycles. The molecule has 0 aromatic carbocycles. The minimum Gasteiger partial charge on any atom is -0.383 e. The molecule has 20 heavy (non-hydrogen) atoms. The van der Waals surface area contributed by atoms with E-state index in [0.29, 0.717) is 17.5 Å². The summed E-state index contributed by atoms with van der Waals surface area (Å²) in [6, 6.07) is 2.07. The minimum absolute atomic E-state index is 0.571. The summed E-state index contributed by atoms with van der Waals surface area (Å²) in [4.78, 5) is 6.71. The third-order valence-electron chi connectivity index (χ3n) is 2.96. The average molecular weight is 300 g/mol. The van der Waals surface area contributed by atoms with Gasteiger partial charge in [-0.25, -0.2) is 4.98 Å². The van der Waals surface area contributed by atoms with Gasteiger partial charge < -0.3 is 15.0 Å². The normalized spacial score (nSPS) is 11.1. The largest absolute Gasteiger partial charge is 0.383 e. The molecule has 114 valence electrons. The van der Waals surface area contributed by atoms with Crippen LogP contribution in [0.1, 0.15) is 26.3 Å². The molecule has 0 bridgehead atoms. The van der Waals surface area contributed by atoms with Crippen molar-refractivity contribution in [1.29, 1.82) is 0 Å². The molecule has 0 atom stereocenters. The molecular weight excluding hydrogens is 274 g/mol. The monoisotopic (exact) mass is 299 g/mol. The number of halogens is 1. The minimum atomic E-state index is 0.571. The molecule has 1 rings (SSSR count). The number of pyridine rings is 1. The zero-order valence-corrected chi connectivity index (χ0v) is 13.7. The van der Waals surface area contributed by atoms with Gasteiger partial charge in [-0.05, 0) is 24.1 Å². The highest BCUT2D eigenvalue weighted by Gasteiger charge is 2.12. The number of nitrogens with one attached hydrogen (secondary N) is 1. The third-order valence-corrected chi connectivity index (χ3v) is 3.30. The Labute approximate surface area is 127 Å². The SMILES string of the molecule is CCNCc1cc(N(CCOC)CC(C)C)ncc1Cl. The van der Waals surface area contributed by atoms with E-state index in [2.05, 4.69) is 42.0 Å². The standard InChI is InChI=1S/C15H26ClN3O/c1-5-17-9-13-8-15(18-10-14(13)16)19(6-7-20-4)11-12(2)3/h8,10,12,17H,5-7,9,11H2,1-4H3. The van der Waals surface area contributed by atoms with Crippen molar-refractivity contribution in [1.82, 2.24) is 10.3 Å². The predicted molar refractivity (Wildman–Crippen MR) is 85.6 cm³/mol. The van der Waals surface area contributed by atoms with Gasteiger partial charge in [-0.15, -0.1) is 0 Å². The van der Waals surface area contributed by atoms with Crippen LogP contribution < -0.4 is 10.2 Å². The second-order valence-corrected chi connectivity index (χ2v) is 5.65. The molecule has 0 fully saturated rings. The van der Waals surface area contributed by atoms with E-state index in [1.807, 2.05) is 0 Å². The number of aromatic nitrogens is 1. The van der Waals surface area contributed by atoms with E-state index in [1.54, 1.807) is 13.3 Å². The molecule has 0 aliphatic carbocycles. The van der Waals surface area contributed by atoms with Crippen LogP contribution in [0.5, 0.6) is 0 Å². The summed E-state index contributed by atoms with van der Waals surface area (Å²) in [5.74, 6) is 1.54. The van der Waals surface area contributed by atoms with Crippen molar-refractivity contribution in [3.05, 3.63) is 22.8 Å². The average Bonchev–Trinajstić information content (AvgIpc) is 2.42. The molecule has 0 spiro atoms. The second kappa shape index (κ2) is 9.16. The molecule has 1 aromatic rings. The molecular formula is C15H26ClN3O. The van der Waals surface area contributed by atoms with Crippen molar-refractivity contribution < 1.29 is 4.74 Å². The highest BCUT2D eigenvalue weighted by atomic mass is 35.5. The Kier molecular flexibility index (Phi) is 7.88. The first-order valence-electron chi connectivity index (χ1n) is 7.17. The van der Waals surface area contributed by atoms with Gasteiger partial charge in [-0.2, -0.15) is 0 Å². The van der Waals surface area contributed by atoms with Crippen LogP contribution in [0.3, 0.4) is 0 Å². The lowest BCUT2D eigenvalue weighted by Crippen LogP contribution is -2.31. The molecule has 0 saturated heterocycles. The van der Waals surface area contributed by atoms with E-state index in [0.717, 1.165) is 37.6 Å². The topological polar surface area (TPSA) is 37.4 Å². The smallest absolute Gasteiger partial charge is 0.128 e. The number of hydrogen-bond acceptors (Lipinski definition) is 4. The van der Waals surface area contributed by atoms with Crippen molar-refractivity contribution in [3.63, 3.8) is 0 Å². The molecule has 1 heterocycles. The molecule has 1 N–H and O–H groups in total. The van der Waals surface area contributed by atoms with Crippen molar-refractivity contribution in [2.45, 2.75) is 27.3 Å². The number of nitrogens with zero attached hydrogens (tertiary/aromatic N) is 2. The van der Waals surface area contributed by atoms with Gasteiger partial charge in [0.15, 0.2) is 0 Å². The molecule has 4 nitrogen and oxygen atoms in total. The van der Waals surface area contributed by atoms with Crippen molar-refractivity contribution in [3.8, 4) is 0 Å². The molecule has 0 saturated carbocycles. The number of methoxy groups -OCH3 is 1. The molecule has 0 amide bonds. The van der Waals surface area contributed by atoms with Crippen LogP contribution in [0.15, 0.2) is 12.3 Å². The van der Waals surface area contributed by atoms with Gasteiger partial charge in [-0.3, -0.25) is 0 Å². The number of anilines is 1. The van der Waals surface area contributed by atoms with Crippen molar-refractivity contribution >= 4 is 17.4 Å². The number of ether oxygens (including phenoxy) is 1. The molecule has 0 aliphatic rings. The fourth-order valence-electron chi connectivity index (χ4n) is 1.98. The predicted octanol–water partition coefficient (Wildman–Crippen LogP) is 2.95. The maximum absolute atomic E-state index is 6.20. The van der Waals surface area contributed by atoms with Gasteiger partial charge in [-0.1, -0.05) is 32.4 Å². The highest BCUT2D eigenvalue weighted by Crippen LogP contribution is 2.21. The summed E-state index contributed by atoms with van der Waals surface area (Å²) in [5.41, 5.74) is 1.09. The van der Waals surface area contributed by atoms with Crippen LogP contribution in [0.25, 0.3) is 0 Å². The first-order valence-corrected chi connectivity index (χ1v) is 7.55. The Morgan fingerprint density at radius 2 is 2.20 bits per heavy atom. The van der Waals surface area contributed by atoms with Gasteiger partial charge in [0.2, 0.25) is 0 Å². The van der Waals surface area contributed by atoms with Crippen LogP contribution in [0, 0.1) is 5.92 Å². The fourth-order valence-corrected chi connectivity index (χ4v) is 2.15. The summed E-state index contributed by atoms with van der Waals surface area (Å²) >= 11 is 6.20. The number of hydrogen-bond donors (Lipinski definition) is 1. The third kappa shape index (κ3) is 5.65. The Hall–Kier alpha value is -0.840. The van der Waals surface area contributed by atoms with Crippen LogP contribution >= 0.6 is 11.6 Å². The highest BCUT2D eigenvalue weighted by molar-refractivity contribution is 6.31. The fraction of sp³-hybridized carbons (Fsp3) is 0.667. The first-order chi connectivity index (χ1) is 9.58. The molecule has 0 aliphatic heterocycles. The summed E-state index contributed by atoms with van der Waals surface area (Å²) in [5, 5.41) is 4.01. The van der Waals surface area contributed by atoms with Crippen molar-refractivity contribution in [2.24, 2.45) is 5.92 Å². The second-order valence-electron chi connectivity index (χ2n) is 5.25. The summed E-state index contributed by atoms with van der Waals surface area (Å²) in [6.07, 6.45) is 1.74. The van der Waals surface area contributed by atoms with E-state index in [4.69, 9.17) is 16.3 Å². The van der Waals surface area contributed by atoms with Crippen LogP contribution in [0.2, 0.25) is 5.02 Å². The Balaban J connectivity index is 2.88. The molecule has 0 unspecified atom stereocenters. The maximum Gasteiger partial charge on any atom is 0.128 e. The van der Waals surface area contributed by atoms with Gasteiger partial charge in [0.1, 0.15) is 5.82 Å². The van der Waals surface area contributed by atoms with E-state index >= 15 is 0 Å². The van der Waals surface area contributed by atoms with Crippen LogP contribution in [-0.2, 0) is 11.3 Å². The maximum atomic E-state index is 6.20. The van der Waals surface area contributed by atoms with Gasteiger partial charge in [0.05, 0.1) is 11.6 Å². The van der Waals surface area contributed by atoms with Crippen molar-refractivity contribution in [2.75, 3.05) is 38.3 Å². The van der Waals surface area contributed by atoms with Crippen LogP contribution in [0.4, 0.5) is 5.82 Å². The summed E-state index contributed by atoms with van der Waals surface area (Å²) < 4.78 is 5.19. The van der Waals surface area contributed by atoms with E-state index in [9.17, 15) is 0 Å². The molecule has 0 radical (unpaired) electrons.